The van der Waals surface area contributed by atoms with E-state index in [-0.39, 0.29) is 23.6 Å². The second-order valence-electron chi connectivity index (χ2n) is 4.17. The van der Waals surface area contributed by atoms with Crippen molar-refractivity contribution in [1.82, 2.24) is 0 Å². The Morgan fingerprint density at radius 2 is 2.00 bits per heavy atom. The fourth-order valence-corrected chi connectivity index (χ4v) is 1.77. The van der Waals surface area contributed by atoms with Gasteiger partial charge in [-0.05, 0) is 29.8 Å². The molecule has 104 valence electrons. The van der Waals surface area contributed by atoms with Crippen LogP contribution in [0.5, 0.6) is 11.5 Å². The SMILES string of the molecule is COc1cccc(C(=O)OCc2cccc(O)c2)c1N. The lowest BCUT2D eigenvalue weighted by Crippen LogP contribution is -2.09. The first-order valence-electron chi connectivity index (χ1n) is 5.99. The molecule has 0 bridgehead atoms. The maximum atomic E-state index is 12.0. The van der Waals surface area contributed by atoms with E-state index in [9.17, 15) is 9.90 Å². The van der Waals surface area contributed by atoms with Crippen LogP contribution >= 0.6 is 0 Å². The number of phenols is 1. The summed E-state index contributed by atoms with van der Waals surface area (Å²) in [4.78, 5) is 12.0. The molecule has 0 saturated carbocycles. The molecular formula is C15H15NO4. The predicted octanol–water partition coefficient (Wildman–Crippen LogP) is 2.34. The second kappa shape index (κ2) is 5.97. The van der Waals surface area contributed by atoms with Gasteiger partial charge in [-0.3, -0.25) is 0 Å². The topological polar surface area (TPSA) is 81.8 Å². The molecule has 2 aromatic carbocycles. The normalized spacial score (nSPS) is 10.1. The minimum absolute atomic E-state index is 0.0594. The van der Waals surface area contributed by atoms with E-state index in [2.05, 4.69) is 0 Å². The number of anilines is 1. The third kappa shape index (κ3) is 3.00. The van der Waals surface area contributed by atoms with Crippen molar-refractivity contribution < 1.29 is 19.4 Å². The fraction of sp³-hybridized carbons (Fsp3) is 0.133. The lowest BCUT2D eigenvalue weighted by atomic mass is 10.1. The van der Waals surface area contributed by atoms with E-state index in [1.807, 2.05) is 0 Å². The highest BCUT2D eigenvalue weighted by Crippen LogP contribution is 2.25. The van der Waals surface area contributed by atoms with Gasteiger partial charge in [-0.25, -0.2) is 4.79 Å². The number of benzene rings is 2. The van der Waals surface area contributed by atoms with Crippen molar-refractivity contribution in [2.75, 3.05) is 12.8 Å². The number of nitrogen functional groups attached to an aromatic ring is 1. The molecule has 2 aromatic rings. The van der Waals surface area contributed by atoms with Crippen LogP contribution in [0.1, 0.15) is 15.9 Å². The van der Waals surface area contributed by atoms with Gasteiger partial charge < -0.3 is 20.3 Å². The molecule has 0 aromatic heterocycles. The lowest BCUT2D eigenvalue weighted by molar-refractivity contribution is 0.0473. The number of aromatic hydroxyl groups is 1. The number of carbonyl (C=O) groups excluding carboxylic acids is 1. The van der Waals surface area contributed by atoms with E-state index in [0.29, 0.717) is 11.3 Å². The molecule has 3 N–H and O–H groups in total. The van der Waals surface area contributed by atoms with Gasteiger partial charge >= 0.3 is 5.97 Å². The van der Waals surface area contributed by atoms with Crippen molar-refractivity contribution in [1.29, 1.82) is 0 Å². The third-order valence-corrected chi connectivity index (χ3v) is 2.79. The molecule has 20 heavy (non-hydrogen) atoms. The molecule has 5 heteroatoms. The summed E-state index contributed by atoms with van der Waals surface area (Å²) in [5.74, 6) is 0.0148. The summed E-state index contributed by atoms with van der Waals surface area (Å²) in [7, 11) is 1.48. The zero-order chi connectivity index (χ0) is 14.5. The third-order valence-electron chi connectivity index (χ3n) is 2.79. The number of rotatable bonds is 4. The van der Waals surface area contributed by atoms with Crippen molar-refractivity contribution in [3.63, 3.8) is 0 Å². The highest BCUT2D eigenvalue weighted by Gasteiger charge is 2.14. The van der Waals surface area contributed by atoms with Crippen LogP contribution < -0.4 is 10.5 Å². The Kier molecular flexibility index (Phi) is 4.10. The number of para-hydroxylation sites is 1. The Morgan fingerprint density at radius 3 is 2.70 bits per heavy atom. The molecular weight excluding hydrogens is 258 g/mol. The molecule has 0 saturated heterocycles. The Bertz CT molecular complexity index is 625. The zero-order valence-electron chi connectivity index (χ0n) is 11.0. The van der Waals surface area contributed by atoms with E-state index < -0.39 is 5.97 Å². The standard InChI is InChI=1S/C15H15NO4/c1-19-13-7-3-6-12(14(13)16)15(18)20-9-10-4-2-5-11(17)8-10/h2-8,17H,9,16H2,1H3. The van der Waals surface area contributed by atoms with Gasteiger partial charge in [-0.2, -0.15) is 0 Å². The van der Waals surface area contributed by atoms with Gasteiger partial charge in [0.15, 0.2) is 0 Å². The summed E-state index contributed by atoms with van der Waals surface area (Å²) in [5.41, 5.74) is 7.02. The van der Waals surface area contributed by atoms with Gasteiger partial charge in [0.05, 0.1) is 18.4 Å². The molecule has 0 fully saturated rings. The number of nitrogens with two attached hydrogens (primary N) is 1. The van der Waals surface area contributed by atoms with Crippen molar-refractivity contribution in [2.45, 2.75) is 6.61 Å². The van der Waals surface area contributed by atoms with Crippen LogP contribution in [0.3, 0.4) is 0 Å². The fourth-order valence-electron chi connectivity index (χ4n) is 1.77. The Hall–Kier alpha value is -2.69. The zero-order valence-corrected chi connectivity index (χ0v) is 11.0. The van der Waals surface area contributed by atoms with Gasteiger partial charge in [-0.1, -0.05) is 18.2 Å². The van der Waals surface area contributed by atoms with E-state index in [1.165, 1.54) is 13.2 Å². The molecule has 0 aliphatic heterocycles. The molecule has 0 atom stereocenters. The van der Waals surface area contributed by atoms with Crippen molar-refractivity contribution in [2.24, 2.45) is 0 Å². The highest BCUT2D eigenvalue weighted by atomic mass is 16.5. The highest BCUT2D eigenvalue weighted by molar-refractivity contribution is 5.96. The minimum atomic E-state index is -0.537. The second-order valence-corrected chi connectivity index (χ2v) is 4.17. The summed E-state index contributed by atoms with van der Waals surface area (Å²) in [6, 6.07) is 11.4. The van der Waals surface area contributed by atoms with Crippen LogP contribution in [-0.4, -0.2) is 18.2 Å². The number of methoxy groups -OCH3 is 1. The summed E-state index contributed by atoms with van der Waals surface area (Å²) < 4.78 is 10.2. The quantitative estimate of drug-likeness (QED) is 0.660. The smallest absolute Gasteiger partial charge is 0.340 e. The van der Waals surface area contributed by atoms with Crippen molar-refractivity contribution in [3.05, 3.63) is 53.6 Å². The number of hydrogen-bond acceptors (Lipinski definition) is 5. The Balaban J connectivity index is 2.09. The number of ether oxygens (including phenoxy) is 2. The van der Waals surface area contributed by atoms with Crippen LogP contribution in [0.15, 0.2) is 42.5 Å². The predicted molar refractivity (Wildman–Crippen MR) is 74.6 cm³/mol. The van der Waals surface area contributed by atoms with Crippen LogP contribution in [0.2, 0.25) is 0 Å². The van der Waals surface area contributed by atoms with Crippen molar-refractivity contribution in [3.8, 4) is 11.5 Å². The summed E-state index contributed by atoms with van der Waals surface area (Å²) in [6.45, 7) is 0.0594. The summed E-state index contributed by atoms with van der Waals surface area (Å²) in [6.07, 6.45) is 0. The van der Waals surface area contributed by atoms with Gasteiger partial charge in [0, 0.05) is 0 Å². The van der Waals surface area contributed by atoms with Crippen LogP contribution in [-0.2, 0) is 11.3 Å². The van der Waals surface area contributed by atoms with Gasteiger partial charge in [-0.15, -0.1) is 0 Å². The molecule has 2 rings (SSSR count). The first-order valence-corrected chi connectivity index (χ1v) is 5.99. The van der Waals surface area contributed by atoms with Crippen LogP contribution in [0.4, 0.5) is 5.69 Å². The monoisotopic (exact) mass is 273 g/mol. The minimum Gasteiger partial charge on any atom is -0.508 e. The van der Waals surface area contributed by atoms with Crippen LogP contribution in [0.25, 0.3) is 0 Å². The molecule has 0 aliphatic carbocycles. The first kappa shape index (κ1) is 13.7. The van der Waals surface area contributed by atoms with Crippen LogP contribution in [0, 0.1) is 0 Å². The number of phenolic OH excluding ortho intramolecular Hbond substituents is 1. The lowest BCUT2D eigenvalue weighted by Gasteiger charge is -2.10. The Labute approximate surface area is 116 Å². The van der Waals surface area contributed by atoms with Gasteiger partial charge in [0.2, 0.25) is 0 Å². The largest absolute Gasteiger partial charge is 0.508 e. The average Bonchev–Trinajstić information content (AvgIpc) is 2.45. The molecule has 0 heterocycles. The summed E-state index contributed by atoms with van der Waals surface area (Å²) >= 11 is 0. The van der Waals surface area contributed by atoms with Gasteiger partial charge in [0.25, 0.3) is 0 Å². The number of esters is 1. The number of hydrogen-bond donors (Lipinski definition) is 2. The molecule has 0 aliphatic rings. The van der Waals surface area contributed by atoms with E-state index >= 15 is 0 Å². The Morgan fingerprint density at radius 1 is 1.25 bits per heavy atom. The molecule has 5 nitrogen and oxygen atoms in total. The average molecular weight is 273 g/mol. The molecule has 0 radical (unpaired) electrons. The van der Waals surface area contributed by atoms with E-state index in [0.717, 1.165) is 0 Å². The maximum Gasteiger partial charge on any atom is 0.340 e. The summed E-state index contributed by atoms with van der Waals surface area (Å²) in [5, 5.41) is 9.33. The number of carbonyl (C=O) groups is 1. The van der Waals surface area contributed by atoms with Crippen molar-refractivity contribution >= 4 is 11.7 Å². The molecule has 0 spiro atoms. The molecule has 0 unspecified atom stereocenters. The first-order chi connectivity index (χ1) is 9.61. The van der Waals surface area contributed by atoms with E-state index in [1.54, 1.807) is 36.4 Å². The van der Waals surface area contributed by atoms with E-state index in [4.69, 9.17) is 15.2 Å². The maximum absolute atomic E-state index is 12.0. The van der Waals surface area contributed by atoms with Gasteiger partial charge in [0.1, 0.15) is 18.1 Å². The molecule has 0 amide bonds.